The van der Waals surface area contributed by atoms with Gasteiger partial charge in [-0.2, -0.15) is 0 Å². The van der Waals surface area contributed by atoms with Crippen LogP contribution in [0.3, 0.4) is 0 Å². The SMILES string of the molecule is Cc1ccc(NC(=O)NC(CN(C)C)c2ccccc2)cc1OCC(F)F. The molecule has 7 heteroatoms. The molecule has 0 fully saturated rings. The van der Waals surface area contributed by atoms with Crippen LogP contribution in [0.15, 0.2) is 48.5 Å². The lowest BCUT2D eigenvalue weighted by atomic mass is 10.1. The molecule has 2 amide bonds. The van der Waals surface area contributed by atoms with Gasteiger partial charge in [-0.05, 0) is 38.2 Å². The molecule has 0 aliphatic heterocycles. The van der Waals surface area contributed by atoms with E-state index in [1.165, 1.54) is 0 Å². The van der Waals surface area contributed by atoms with Gasteiger partial charge in [-0.1, -0.05) is 36.4 Å². The molecule has 0 saturated carbocycles. The average molecular weight is 377 g/mol. The summed E-state index contributed by atoms with van der Waals surface area (Å²) in [6.45, 7) is 1.71. The van der Waals surface area contributed by atoms with E-state index in [4.69, 9.17) is 4.74 Å². The molecule has 5 nitrogen and oxygen atoms in total. The Morgan fingerprint density at radius 1 is 1.15 bits per heavy atom. The first-order valence-electron chi connectivity index (χ1n) is 8.64. The van der Waals surface area contributed by atoms with Gasteiger partial charge in [0.15, 0.2) is 0 Å². The van der Waals surface area contributed by atoms with Gasteiger partial charge in [0.05, 0.1) is 6.04 Å². The zero-order chi connectivity index (χ0) is 19.8. The standard InChI is InChI=1S/C20H25F2N3O2/c1-14-9-10-16(11-18(14)27-13-19(21)22)23-20(26)24-17(12-25(2)3)15-7-5-4-6-8-15/h4-11,17,19H,12-13H2,1-3H3,(H2,23,24,26). The number of hydrogen-bond donors (Lipinski definition) is 2. The second kappa shape index (κ2) is 9.87. The molecular weight excluding hydrogens is 352 g/mol. The van der Waals surface area contributed by atoms with Crippen LogP contribution < -0.4 is 15.4 Å². The summed E-state index contributed by atoms with van der Waals surface area (Å²) in [6.07, 6.45) is -2.55. The fourth-order valence-electron chi connectivity index (χ4n) is 2.60. The van der Waals surface area contributed by atoms with Gasteiger partial charge in [-0.25, -0.2) is 13.6 Å². The number of carbonyl (C=O) groups excluding carboxylic acids is 1. The first kappa shape index (κ1) is 20.6. The predicted octanol–water partition coefficient (Wildman–Crippen LogP) is 4.06. The highest BCUT2D eigenvalue weighted by molar-refractivity contribution is 5.89. The average Bonchev–Trinajstić information content (AvgIpc) is 2.62. The summed E-state index contributed by atoms with van der Waals surface area (Å²) in [4.78, 5) is 14.4. The van der Waals surface area contributed by atoms with E-state index in [0.717, 1.165) is 11.1 Å². The normalized spacial score (nSPS) is 12.1. The summed E-state index contributed by atoms with van der Waals surface area (Å²) in [7, 11) is 3.87. The molecule has 0 spiro atoms. The Hall–Kier alpha value is -2.67. The number of nitrogens with one attached hydrogen (secondary N) is 2. The lowest BCUT2D eigenvalue weighted by Gasteiger charge is -2.23. The molecule has 0 aliphatic carbocycles. The predicted molar refractivity (Wildman–Crippen MR) is 103 cm³/mol. The summed E-state index contributed by atoms with van der Waals surface area (Å²) in [5, 5.41) is 5.68. The highest BCUT2D eigenvalue weighted by Crippen LogP contribution is 2.23. The van der Waals surface area contributed by atoms with Crippen molar-refractivity contribution in [3.63, 3.8) is 0 Å². The van der Waals surface area contributed by atoms with E-state index in [9.17, 15) is 13.6 Å². The number of urea groups is 1. The van der Waals surface area contributed by atoms with Crippen LogP contribution in [0.4, 0.5) is 19.3 Å². The van der Waals surface area contributed by atoms with Gasteiger partial charge in [0.25, 0.3) is 6.43 Å². The van der Waals surface area contributed by atoms with Crippen LogP contribution in [0.5, 0.6) is 5.75 Å². The Kier molecular flexibility index (Phi) is 7.55. The Balaban J connectivity index is 2.05. The molecule has 0 aromatic heterocycles. The molecule has 2 N–H and O–H groups in total. The summed E-state index contributed by atoms with van der Waals surface area (Å²) >= 11 is 0. The number of benzene rings is 2. The van der Waals surface area contributed by atoms with Gasteiger partial charge in [0.1, 0.15) is 12.4 Å². The first-order valence-corrected chi connectivity index (χ1v) is 8.64. The zero-order valence-corrected chi connectivity index (χ0v) is 15.7. The third-order valence-electron chi connectivity index (χ3n) is 3.87. The summed E-state index contributed by atoms with van der Waals surface area (Å²) in [5.41, 5.74) is 2.18. The van der Waals surface area contributed by atoms with Crippen molar-refractivity contribution < 1.29 is 18.3 Å². The van der Waals surface area contributed by atoms with Crippen LogP contribution in [-0.2, 0) is 0 Å². The van der Waals surface area contributed by atoms with Gasteiger partial charge in [0.2, 0.25) is 0 Å². The Morgan fingerprint density at radius 3 is 2.48 bits per heavy atom. The smallest absolute Gasteiger partial charge is 0.319 e. The third-order valence-corrected chi connectivity index (χ3v) is 3.87. The van der Waals surface area contributed by atoms with Crippen molar-refractivity contribution in [3.05, 3.63) is 59.7 Å². The molecule has 0 saturated heterocycles. The van der Waals surface area contributed by atoms with Crippen LogP contribution in [-0.4, -0.2) is 44.6 Å². The molecule has 0 bridgehead atoms. The number of aryl methyl sites for hydroxylation is 1. The van der Waals surface area contributed by atoms with Crippen molar-refractivity contribution in [1.29, 1.82) is 0 Å². The lowest BCUT2D eigenvalue weighted by molar-refractivity contribution is 0.0816. The summed E-state index contributed by atoms with van der Waals surface area (Å²) < 4.78 is 29.8. The fraction of sp³-hybridized carbons (Fsp3) is 0.350. The number of amides is 2. The van der Waals surface area contributed by atoms with E-state index in [0.29, 0.717) is 18.0 Å². The molecular formula is C20H25F2N3O2. The molecule has 1 atom stereocenters. The first-order chi connectivity index (χ1) is 12.8. The minimum Gasteiger partial charge on any atom is -0.487 e. The van der Waals surface area contributed by atoms with Crippen molar-refractivity contribution >= 4 is 11.7 Å². The van der Waals surface area contributed by atoms with Gasteiger partial charge in [-0.15, -0.1) is 0 Å². The highest BCUT2D eigenvalue weighted by Gasteiger charge is 2.16. The zero-order valence-electron chi connectivity index (χ0n) is 15.7. The summed E-state index contributed by atoms with van der Waals surface area (Å²) in [6, 6.07) is 14.1. The quantitative estimate of drug-likeness (QED) is 0.729. The van der Waals surface area contributed by atoms with Gasteiger partial charge < -0.3 is 20.3 Å². The second-order valence-corrected chi connectivity index (χ2v) is 6.51. The van der Waals surface area contributed by atoms with Crippen LogP contribution in [0.2, 0.25) is 0 Å². The van der Waals surface area contributed by atoms with Crippen LogP contribution >= 0.6 is 0 Å². The van der Waals surface area contributed by atoms with Crippen molar-refractivity contribution in [3.8, 4) is 5.75 Å². The largest absolute Gasteiger partial charge is 0.487 e. The molecule has 27 heavy (non-hydrogen) atoms. The van der Waals surface area contributed by atoms with E-state index in [2.05, 4.69) is 10.6 Å². The number of hydrogen-bond acceptors (Lipinski definition) is 3. The maximum Gasteiger partial charge on any atom is 0.319 e. The van der Waals surface area contributed by atoms with Crippen molar-refractivity contribution in [2.45, 2.75) is 19.4 Å². The van der Waals surface area contributed by atoms with Crippen LogP contribution in [0.25, 0.3) is 0 Å². The third kappa shape index (κ3) is 6.86. The molecule has 2 aromatic carbocycles. The number of carbonyl (C=O) groups is 1. The maximum atomic E-state index is 12.4. The minimum absolute atomic E-state index is 0.193. The number of nitrogens with zero attached hydrogens (tertiary/aromatic N) is 1. The molecule has 0 aliphatic rings. The molecule has 146 valence electrons. The van der Waals surface area contributed by atoms with Crippen LogP contribution in [0, 0.1) is 6.92 Å². The number of likely N-dealkylation sites (N-methyl/N-ethyl adjacent to an activating group) is 1. The molecule has 2 aromatic rings. The number of rotatable bonds is 8. The van der Waals surface area contributed by atoms with E-state index < -0.39 is 13.0 Å². The molecule has 1 unspecified atom stereocenters. The number of alkyl halides is 2. The second-order valence-electron chi connectivity index (χ2n) is 6.51. The molecule has 2 rings (SSSR count). The number of halogens is 2. The number of ether oxygens (including phenoxy) is 1. The highest BCUT2D eigenvalue weighted by atomic mass is 19.3. The Bertz CT molecular complexity index is 739. The molecule has 0 radical (unpaired) electrons. The van der Waals surface area contributed by atoms with Gasteiger partial charge >= 0.3 is 6.03 Å². The van der Waals surface area contributed by atoms with Gasteiger partial charge in [-0.3, -0.25) is 0 Å². The monoisotopic (exact) mass is 377 g/mol. The summed E-state index contributed by atoms with van der Waals surface area (Å²) in [5.74, 6) is 0.320. The fourth-order valence-corrected chi connectivity index (χ4v) is 2.60. The van der Waals surface area contributed by atoms with Crippen LogP contribution in [0.1, 0.15) is 17.2 Å². The number of anilines is 1. The topological polar surface area (TPSA) is 53.6 Å². The van der Waals surface area contributed by atoms with Gasteiger partial charge in [0, 0.05) is 18.3 Å². The Labute approximate surface area is 158 Å². The van der Waals surface area contributed by atoms with E-state index >= 15 is 0 Å². The Morgan fingerprint density at radius 2 is 1.85 bits per heavy atom. The molecule has 0 heterocycles. The maximum absolute atomic E-state index is 12.4. The van der Waals surface area contributed by atoms with E-state index in [1.54, 1.807) is 25.1 Å². The lowest BCUT2D eigenvalue weighted by Crippen LogP contribution is -2.37. The van der Waals surface area contributed by atoms with E-state index in [-0.39, 0.29) is 12.1 Å². The minimum atomic E-state index is -2.55. The van der Waals surface area contributed by atoms with Crippen molar-refractivity contribution in [1.82, 2.24) is 10.2 Å². The van der Waals surface area contributed by atoms with Crippen molar-refractivity contribution in [2.75, 3.05) is 32.6 Å². The van der Waals surface area contributed by atoms with Crippen molar-refractivity contribution in [2.24, 2.45) is 0 Å². The van der Waals surface area contributed by atoms with E-state index in [1.807, 2.05) is 49.3 Å².